The molecule has 0 aliphatic carbocycles. The standard InChI is InChI=1S/C18H18ClFN2O/c1-13-18(23)22(17-8-4-15(19)5-9-17)11-10-21(13)12-14-2-6-16(20)7-3-14/h2-9,13H,10-12H2,1H3/t13-/m0/s1. The van der Waals surface area contributed by atoms with Gasteiger partial charge in [0.05, 0.1) is 6.04 Å². The average Bonchev–Trinajstić information content (AvgIpc) is 2.55. The van der Waals surface area contributed by atoms with Gasteiger partial charge in [-0.15, -0.1) is 0 Å². The minimum atomic E-state index is -0.245. The summed E-state index contributed by atoms with van der Waals surface area (Å²) in [5.41, 5.74) is 1.87. The summed E-state index contributed by atoms with van der Waals surface area (Å²) in [5, 5.41) is 0.657. The molecule has 0 radical (unpaired) electrons. The van der Waals surface area contributed by atoms with Crippen LogP contribution in [0.4, 0.5) is 10.1 Å². The SMILES string of the molecule is C[C@H]1C(=O)N(c2ccc(Cl)cc2)CCN1Cc1ccc(F)cc1. The second-order valence-electron chi connectivity index (χ2n) is 5.74. The van der Waals surface area contributed by atoms with Gasteiger partial charge in [0, 0.05) is 30.3 Å². The highest BCUT2D eigenvalue weighted by atomic mass is 35.5. The molecule has 0 bridgehead atoms. The fourth-order valence-electron chi connectivity index (χ4n) is 2.83. The summed E-state index contributed by atoms with van der Waals surface area (Å²) in [6.07, 6.45) is 0. The van der Waals surface area contributed by atoms with Crippen molar-refractivity contribution < 1.29 is 9.18 Å². The third-order valence-electron chi connectivity index (χ3n) is 4.22. The monoisotopic (exact) mass is 332 g/mol. The zero-order chi connectivity index (χ0) is 16.4. The van der Waals surface area contributed by atoms with E-state index in [1.807, 2.05) is 19.1 Å². The zero-order valence-electron chi connectivity index (χ0n) is 12.9. The zero-order valence-corrected chi connectivity index (χ0v) is 13.6. The van der Waals surface area contributed by atoms with Crippen LogP contribution >= 0.6 is 11.6 Å². The summed E-state index contributed by atoms with van der Waals surface area (Å²) in [6, 6.07) is 13.5. The van der Waals surface area contributed by atoms with E-state index in [0.717, 1.165) is 17.8 Å². The molecule has 2 aromatic rings. The third-order valence-corrected chi connectivity index (χ3v) is 4.47. The fourth-order valence-corrected chi connectivity index (χ4v) is 2.96. The van der Waals surface area contributed by atoms with Crippen LogP contribution in [0.1, 0.15) is 12.5 Å². The van der Waals surface area contributed by atoms with E-state index < -0.39 is 0 Å². The lowest BCUT2D eigenvalue weighted by Crippen LogP contribution is -2.55. The van der Waals surface area contributed by atoms with Gasteiger partial charge in [0.2, 0.25) is 5.91 Å². The van der Waals surface area contributed by atoms with E-state index in [1.165, 1.54) is 12.1 Å². The molecular weight excluding hydrogens is 315 g/mol. The van der Waals surface area contributed by atoms with Crippen LogP contribution < -0.4 is 4.90 Å². The fraction of sp³-hybridized carbons (Fsp3) is 0.278. The molecule has 1 heterocycles. The van der Waals surface area contributed by atoms with Crippen LogP contribution in [0.15, 0.2) is 48.5 Å². The molecule has 1 saturated heterocycles. The number of nitrogens with zero attached hydrogens (tertiary/aromatic N) is 2. The van der Waals surface area contributed by atoms with Crippen LogP contribution in [0, 0.1) is 5.82 Å². The molecule has 1 aliphatic heterocycles. The van der Waals surface area contributed by atoms with Crippen LogP contribution in [-0.4, -0.2) is 29.9 Å². The molecule has 5 heteroatoms. The summed E-state index contributed by atoms with van der Waals surface area (Å²) < 4.78 is 13.0. The number of benzene rings is 2. The normalized spacial score (nSPS) is 19.2. The van der Waals surface area contributed by atoms with Crippen molar-refractivity contribution in [2.75, 3.05) is 18.0 Å². The summed E-state index contributed by atoms with van der Waals surface area (Å²) in [5.74, 6) is -0.175. The van der Waals surface area contributed by atoms with Crippen molar-refractivity contribution in [2.45, 2.75) is 19.5 Å². The van der Waals surface area contributed by atoms with Gasteiger partial charge < -0.3 is 4.90 Å². The highest BCUT2D eigenvalue weighted by molar-refractivity contribution is 6.30. The molecule has 2 aromatic carbocycles. The molecule has 1 aliphatic rings. The molecule has 23 heavy (non-hydrogen) atoms. The maximum Gasteiger partial charge on any atom is 0.244 e. The van der Waals surface area contributed by atoms with E-state index in [4.69, 9.17) is 11.6 Å². The first kappa shape index (κ1) is 16.0. The average molecular weight is 333 g/mol. The molecule has 1 atom stereocenters. The summed E-state index contributed by atoms with van der Waals surface area (Å²) >= 11 is 5.90. The van der Waals surface area contributed by atoms with Crippen LogP contribution in [0.2, 0.25) is 5.02 Å². The van der Waals surface area contributed by atoms with Crippen molar-refractivity contribution >= 4 is 23.2 Å². The van der Waals surface area contributed by atoms with Crippen molar-refractivity contribution in [1.29, 1.82) is 0 Å². The van der Waals surface area contributed by atoms with Gasteiger partial charge in [-0.3, -0.25) is 9.69 Å². The highest BCUT2D eigenvalue weighted by Crippen LogP contribution is 2.23. The number of amides is 1. The number of hydrogen-bond donors (Lipinski definition) is 0. The van der Waals surface area contributed by atoms with E-state index in [0.29, 0.717) is 18.1 Å². The maximum absolute atomic E-state index is 13.0. The van der Waals surface area contributed by atoms with E-state index in [1.54, 1.807) is 29.2 Å². The van der Waals surface area contributed by atoms with Crippen molar-refractivity contribution in [3.8, 4) is 0 Å². The van der Waals surface area contributed by atoms with Crippen LogP contribution in [0.5, 0.6) is 0 Å². The first-order chi connectivity index (χ1) is 11.0. The molecule has 3 rings (SSSR count). The van der Waals surface area contributed by atoms with E-state index in [-0.39, 0.29) is 17.8 Å². The number of anilines is 1. The molecule has 0 N–H and O–H groups in total. The van der Waals surface area contributed by atoms with Gasteiger partial charge in [-0.1, -0.05) is 23.7 Å². The summed E-state index contributed by atoms with van der Waals surface area (Å²) in [7, 11) is 0. The molecule has 0 aromatic heterocycles. The van der Waals surface area contributed by atoms with Crippen LogP contribution in [0.3, 0.4) is 0 Å². The predicted molar refractivity (Wildman–Crippen MR) is 90.1 cm³/mol. The Balaban J connectivity index is 1.70. The number of carbonyl (C=O) groups excluding carboxylic acids is 1. The Morgan fingerprint density at radius 1 is 1.09 bits per heavy atom. The lowest BCUT2D eigenvalue weighted by molar-refractivity contribution is -0.125. The largest absolute Gasteiger partial charge is 0.310 e. The Labute approximate surface area is 140 Å². The molecule has 0 spiro atoms. The Hall–Kier alpha value is -1.91. The Bertz CT molecular complexity index is 687. The second kappa shape index (κ2) is 6.69. The number of rotatable bonds is 3. The molecule has 1 amide bonds. The van der Waals surface area contributed by atoms with Gasteiger partial charge in [0.15, 0.2) is 0 Å². The number of piperazine rings is 1. The third kappa shape index (κ3) is 3.54. The van der Waals surface area contributed by atoms with Crippen molar-refractivity contribution in [1.82, 2.24) is 4.90 Å². The Kier molecular flexibility index (Phi) is 4.64. The molecule has 0 saturated carbocycles. The molecule has 3 nitrogen and oxygen atoms in total. The molecule has 0 unspecified atom stereocenters. The van der Waals surface area contributed by atoms with Gasteiger partial charge in [0.25, 0.3) is 0 Å². The molecular formula is C18H18ClFN2O. The van der Waals surface area contributed by atoms with Gasteiger partial charge >= 0.3 is 0 Å². The second-order valence-corrected chi connectivity index (χ2v) is 6.18. The Morgan fingerprint density at radius 2 is 1.74 bits per heavy atom. The topological polar surface area (TPSA) is 23.6 Å². The lowest BCUT2D eigenvalue weighted by Gasteiger charge is -2.39. The Morgan fingerprint density at radius 3 is 2.39 bits per heavy atom. The first-order valence-electron chi connectivity index (χ1n) is 7.60. The van der Waals surface area contributed by atoms with E-state index >= 15 is 0 Å². The summed E-state index contributed by atoms with van der Waals surface area (Å²) in [4.78, 5) is 16.6. The highest BCUT2D eigenvalue weighted by Gasteiger charge is 2.32. The van der Waals surface area contributed by atoms with Gasteiger partial charge in [0.1, 0.15) is 5.82 Å². The summed E-state index contributed by atoms with van der Waals surface area (Å²) in [6.45, 7) is 3.95. The van der Waals surface area contributed by atoms with E-state index in [2.05, 4.69) is 4.90 Å². The predicted octanol–water partition coefficient (Wildman–Crippen LogP) is 3.72. The van der Waals surface area contributed by atoms with Crippen LogP contribution in [0.25, 0.3) is 0 Å². The van der Waals surface area contributed by atoms with Gasteiger partial charge in [-0.05, 0) is 48.9 Å². The minimum Gasteiger partial charge on any atom is -0.310 e. The quantitative estimate of drug-likeness (QED) is 0.855. The number of hydrogen-bond acceptors (Lipinski definition) is 2. The number of halogens is 2. The smallest absolute Gasteiger partial charge is 0.244 e. The van der Waals surface area contributed by atoms with Crippen molar-refractivity contribution in [3.63, 3.8) is 0 Å². The van der Waals surface area contributed by atoms with Crippen LogP contribution in [-0.2, 0) is 11.3 Å². The van der Waals surface area contributed by atoms with Crippen molar-refractivity contribution in [3.05, 3.63) is 64.9 Å². The minimum absolute atomic E-state index is 0.0701. The number of carbonyl (C=O) groups is 1. The van der Waals surface area contributed by atoms with E-state index in [9.17, 15) is 9.18 Å². The van der Waals surface area contributed by atoms with Gasteiger partial charge in [-0.25, -0.2) is 4.39 Å². The molecule has 120 valence electrons. The lowest BCUT2D eigenvalue weighted by atomic mass is 10.1. The van der Waals surface area contributed by atoms with Gasteiger partial charge in [-0.2, -0.15) is 0 Å². The van der Waals surface area contributed by atoms with Crippen molar-refractivity contribution in [2.24, 2.45) is 0 Å². The maximum atomic E-state index is 13.0. The first-order valence-corrected chi connectivity index (χ1v) is 7.98. The molecule has 1 fully saturated rings.